The van der Waals surface area contributed by atoms with Gasteiger partial charge in [0.1, 0.15) is 11.6 Å². The summed E-state index contributed by atoms with van der Waals surface area (Å²) in [6.07, 6.45) is -4.77. The number of hydrazine groups is 1. The number of halogens is 4. The SMILES string of the molecule is NNC(c1cccc(F)c1)c1cccc(OC(F)(F)F)c1. The van der Waals surface area contributed by atoms with Crippen molar-refractivity contribution in [1.82, 2.24) is 5.43 Å². The van der Waals surface area contributed by atoms with Crippen LogP contribution in [0, 0.1) is 5.82 Å². The number of benzene rings is 2. The molecule has 0 fully saturated rings. The zero-order valence-corrected chi connectivity index (χ0v) is 10.7. The average molecular weight is 300 g/mol. The lowest BCUT2D eigenvalue weighted by atomic mass is 9.99. The molecule has 3 N–H and O–H groups in total. The van der Waals surface area contributed by atoms with Crippen LogP contribution in [0.4, 0.5) is 17.6 Å². The van der Waals surface area contributed by atoms with Gasteiger partial charge in [0.25, 0.3) is 0 Å². The highest BCUT2D eigenvalue weighted by molar-refractivity contribution is 5.36. The molecular weight excluding hydrogens is 288 g/mol. The van der Waals surface area contributed by atoms with E-state index in [2.05, 4.69) is 10.2 Å². The van der Waals surface area contributed by atoms with Gasteiger partial charge in [0.2, 0.25) is 0 Å². The molecule has 0 saturated carbocycles. The van der Waals surface area contributed by atoms with Crippen LogP contribution in [0.5, 0.6) is 5.75 Å². The van der Waals surface area contributed by atoms with E-state index in [-0.39, 0.29) is 5.75 Å². The molecule has 2 aromatic rings. The molecule has 1 unspecified atom stereocenters. The highest BCUT2D eigenvalue weighted by atomic mass is 19.4. The van der Waals surface area contributed by atoms with E-state index in [1.165, 1.54) is 36.4 Å². The Hall–Kier alpha value is -2.12. The molecule has 2 rings (SSSR count). The van der Waals surface area contributed by atoms with Gasteiger partial charge in [-0.15, -0.1) is 13.2 Å². The molecule has 0 amide bonds. The molecule has 0 bridgehead atoms. The molecule has 0 aliphatic carbocycles. The Bertz CT molecular complexity index is 616. The second-order valence-electron chi connectivity index (χ2n) is 4.27. The highest BCUT2D eigenvalue weighted by Crippen LogP contribution is 2.28. The molecule has 3 nitrogen and oxygen atoms in total. The van der Waals surface area contributed by atoms with Crippen molar-refractivity contribution in [1.29, 1.82) is 0 Å². The van der Waals surface area contributed by atoms with E-state index in [9.17, 15) is 17.6 Å². The van der Waals surface area contributed by atoms with Crippen LogP contribution in [0.1, 0.15) is 17.2 Å². The monoisotopic (exact) mass is 300 g/mol. The van der Waals surface area contributed by atoms with Crippen LogP contribution in [0.25, 0.3) is 0 Å². The summed E-state index contributed by atoms with van der Waals surface area (Å²) in [5, 5.41) is 0. The van der Waals surface area contributed by atoms with Crippen LogP contribution in [-0.2, 0) is 0 Å². The maximum Gasteiger partial charge on any atom is 0.573 e. The molecular formula is C14H12F4N2O. The molecule has 0 saturated heterocycles. The van der Waals surface area contributed by atoms with Crippen LogP contribution >= 0.6 is 0 Å². The normalized spacial score (nSPS) is 13.0. The van der Waals surface area contributed by atoms with Crippen molar-refractivity contribution in [2.75, 3.05) is 0 Å². The Morgan fingerprint density at radius 2 is 1.62 bits per heavy atom. The topological polar surface area (TPSA) is 47.3 Å². The van der Waals surface area contributed by atoms with Gasteiger partial charge < -0.3 is 4.74 Å². The number of nitrogens with one attached hydrogen (secondary N) is 1. The van der Waals surface area contributed by atoms with Gasteiger partial charge in [-0.1, -0.05) is 24.3 Å². The van der Waals surface area contributed by atoms with Crippen LogP contribution in [0.3, 0.4) is 0 Å². The minimum absolute atomic E-state index is 0.364. The third kappa shape index (κ3) is 4.17. The second-order valence-corrected chi connectivity index (χ2v) is 4.27. The van der Waals surface area contributed by atoms with Crippen molar-refractivity contribution in [2.24, 2.45) is 5.84 Å². The number of nitrogens with two attached hydrogens (primary N) is 1. The zero-order valence-electron chi connectivity index (χ0n) is 10.7. The minimum Gasteiger partial charge on any atom is -0.406 e. The van der Waals surface area contributed by atoms with E-state index < -0.39 is 18.2 Å². The maximum atomic E-state index is 13.2. The summed E-state index contributed by atoms with van der Waals surface area (Å²) in [5.74, 6) is 4.60. The first-order valence-electron chi connectivity index (χ1n) is 5.96. The van der Waals surface area contributed by atoms with Crippen molar-refractivity contribution < 1.29 is 22.3 Å². The molecule has 0 radical (unpaired) electrons. The Kier molecular flexibility index (Phi) is 4.44. The lowest BCUT2D eigenvalue weighted by Gasteiger charge is -2.18. The summed E-state index contributed by atoms with van der Waals surface area (Å²) in [6, 6.07) is 10.3. The summed E-state index contributed by atoms with van der Waals surface area (Å²) >= 11 is 0. The van der Waals surface area contributed by atoms with Crippen LogP contribution in [0.15, 0.2) is 48.5 Å². The summed E-state index contributed by atoms with van der Waals surface area (Å²) in [4.78, 5) is 0. The number of hydrogen-bond donors (Lipinski definition) is 2. The maximum absolute atomic E-state index is 13.2. The lowest BCUT2D eigenvalue weighted by molar-refractivity contribution is -0.274. The van der Waals surface area contributed by atoms with E-state index in [0.717, 1.165) is 0 Å². The third-order valence-electron chi connectivity index (χ3n) is 2.77. The quantitative estimate of drug-likeness (QED) is 0.517. The lowest BCUT2D eigenvalue weighted by Crippen LogP contribution is -2.29. The predicted octanol–water partition coefficient (Wildman–Crippen LogP) is 3.28. The smallest absolute Gasteiger partial charge is 0.406 e. The largest absolute Gasteiger partial charge is 0.573 e. The zero-order chi connectivity index (χ0) is 15.5. The summed E-state index contributed by atoms with van der Waals surface area (Å²) in [6.45, 7) is 0. The molecule has 1 atom stereocenters. The summed E-state index contributed by atoms with van der Waals surface area (Å²) in [5.41, 5.74) is 3.36. The average Bonchev–Trinajstić information content (AvgIpc) is 2.38. The Morgan fingerprint density at radius 1 is 1.00 bits per heavy atom. The standard InChI is InChI=1S/C14H12F4N2O/c15-11-5-1-3-9(7-11)13(20-19)10-4-2-6-12(8-10)21-14(16,17)18/h1-8,13,20H,19H2. The predicted molar refractivity (Wildman–Crippen MR) is 68.7 cm³/mol. The number of ether oxygens (including phenoxy) is 1. The molecule has 0 aromatic heterocycles. The Morgan fingerprint density at radius 3 is 2.19 bits per heavy atom. The van der Waals surface area contributed by atoms with Crippen molar-refractivity contribution in [3.63, 3.8) is 0 Å². The molecule has 0 spiro atoms. The first kappa shape index (κ1) is 15.3. The molecule has 21 heavy (non-hydrogen) atoms. The fraction of sp³-hybridized carbons (Fsp3) is 0.143. The van der Waals surface area contributed by atoms with E-state index >= 15 is 0 Å². The Balaban J connectivity index is 2.32. The van der Waals surface area contributed by atoms with E-state index in [0.29, 0.717) is 11.1 Å². The van der Waals surface area contributed by atoms with E-state index in [4.69, 9.17) is 5.84 Å². The number of alkyl halides is 3. The van der Waals surface area contributed by atoms with E-state index in [1.807, 2.05) is 0 Å². The summed E-state index contributed by atoms with van der Waals surface area (Å²) in [7, 11) is 0. The van der Waals surface area contributed by atoms with Crippen molar-refractivity contribution in [2.45, 2.75) is 12.4 Å². The number of rotatable bonds is 4. The third-order valence-corrected chi connectivity index (χ3v) is 2.77. The highest BCUT2D eigenvalue weighted by Gasteiger charge is 2.31. The molecule has 0 aliphatic rings. The molecule has 0 heterocycles. The van der Waals surface area contributed by atoms with Gasteiger partial charge in [0.15, 0.2) is 0 Å². The van der Waals surface area contributed by atoms with E-state index in [1.54, 1.807) is 12.1 Å². The van der Waals surface area contributed by atoms with Crippen LogP contribution in [0.2, 0.25) is 0 Å². The van der Waals surface area contributed by atoms with Crippen LogP contribution in [-0.4, -0.2) is 6.36 Å². The van der Waals surface area contributed by atoms with Gasteiger partial charge in [-0.25, -0.2) is 9.82 Å². The van der Waals surface area contributed by atoms with Gasteiger partial charge in [-0.05, 0) is 35.4 Å². The number of hydrogen-bond acceptors (Lipinski definition) is 3. The van der Waals surface area contributed by atoms with Gasteiger partial charge in [0, 0.05) is 0 Å². The first-order valence-corrected chi connectivity index (χ1v) is 5.96. The second kappa shape index (κ2) is 6.11. The minimum atomic E-state index is -4.77. The van der Waals surface area contributed by atoms with Gasteiger partial charge in [-0.2, -0.15) is 0 Å². The van der Waals surface area contributed by atoms with Crippen LogP contribution < -0.4 is 16.0 Å². The molecule has 7 heteroatoms. The molecule has 2 aromatic carbocycles. The van der Waals surface area contributed by atoms with Crippen molar-refractivity contribution in [3.05, 3.63) is 65.5 Å². The van der Waals surface area contributed by atoms with Gasteiger partial charge >= 0.3 is 6.36 Å². The summed E-state index contributed by atoms with van der Waals surface area (Å²) < 4.78 is 53.8. The first-order chi connectivity index (χ1) is 9.89. The molecule has 0 aliphatic heterocycles. The van der Waals surface area contributed by atoms with Crippen molar-refractivity contribution >= 4 is 0 Å². The fourth-order valence-electron chi connectivity index (χ4n) is 1.96. The van der Waals surface area contributed by atoms with Gasteiger partial charge in [0.05, 0.1) is 6.04 Å². The Labute approximate surface area is 118 Å². The van der Waals surface area contributed by atoms with Crippen molar-refractivity contribution in [3.8, 4) is 5.75 Å². The molecule has 112 valence electrons. The fourth-order valence-corrected chi connectivity index (χ4v) is 1.96. The van der Waals surface area contributed by atoms with Gasteiger partial charge in [-0.3, -0.25) is 5.84 Å².